The number of hydrogen-bond acceptors (Lipinski definition) is 3. The van der Waals surface area contributed by atoms with Crippen LogP contribution in [-0.4, -0.2) is 20.1 Å². The van der Waals surface area contributed by atoms with Crippen molar-refractivity contribution in [2.24, 2.45) is 17.3 Å². The SMILES string of the molecule is CCS(=O)(=O)c1ccc(NC(=O)C2C(C=C(C)C)C2(C)C)cc1. The second-order valence-electron chi connectivity index (χ2n) is 6.99. The van der Waals surface area contributed by atoms with Crippen LogP contribution in [0.25, 0.3) is 0 Å². The Morgan fingerprint density at radius 2 is 1.78 bits per heavy atom. The molecule has 5 heteroatoms. The number of carbonyl (C=O) groups is 1. The van der Waals surface area contributed by atoms with Gasteiger partial charge in [0.15, 0.2) is 9.84 Å². The molecule has 1 aliphatic carbocycles. The maximum absolute atomic E-state index is 12.5. The van der Waals surface area contributed by atoms with Crippen LogP contribution in [0.15, 0.2) is 40.8 Å². The molecule has 0 bridgehead atoms. The van der Waals surface area contributed by atoms with Crippen LogP contribution in [0.3, 0.4) is 0 Å². The molecule has 1 aromatic carbocycles. The number of carbonyl (C=O) groups excluding carboxylic acids is 1. The molecule has 2 unspecified atom stereocenters. The molecule has 0 radical (unpaired) electrons. The predicted octanol–water partition coefficient (Wildman–Crippen LogP) is 3.66. The summed E-state index contributed by atoms with van der Waals surface area (Å²) < 4.78 is 23.6. The van der Waals surface area contributed by atoms with Crippen LogP contribution < -0.4 is 5.32 Å². The van der Waals surface area contributed by atoms with Gasteiger partial charge >= 0.3 is 0 Å². The van der Waals surface area contributed by atoms with Gasteiger partial charge in [-0.05, 0) is 49.4 Å². The maximum Gasteiger partial charge on any atom is 0.228 e. The van der Waals surface area contributed by atoms with E-state index < -0.39 is 9.84 Å². The average Bonchev–Trinajstić information content (AvgIpc) is 2.99. The molecule has 1 aliphatic rings. The monoisotopic (exact) mass is 335 g/mol. The van der Waals surface area contributed by atoms with Gasteiger partial charge in [0, 0.05) is 5.69 Å². The summed E-state index contributed by atoms with van der Waals surface area (Å²) in [6, 6.07) is 6.37. The smallest absolute Gasteiger partial charge is 0.228 e. The highest BCUT2D eigenvalue weighted by Crippen LogP contribution is 2.59. The van der Waals surface area contributed by atoms with E-state index in [1.165, 1.54) is 5.57 Å². The standard InChI is InChI=1S/C18H25NO3S/c1-6-23(21,22)14-9-7-13(8-10-14)19-17(20)16-15(11-12(2)3)18(16,4)5/h7-11,15-16H,6H2,1-5H3,(H,19,20). The highest BCUT2D eigenvalue weighted by Gasteiger charge is 2.60. The van der Waals surface area contributed by atoms with Gasteiger partial charge in [-0.1, -0.05) is 32.4 Å². The van der Waals surface area contributed by atoms with E-state index >= 15 is 0 Å². The fraction of sp³-hybridized carbons (Fsp3) is 0.500. The van der Waals surface area contributed by atoms with E-state index in [0.717, 1.165) is 0 Å². The Hall–Kier alpha value is -1.62. The van der Waals surface area contributed by atoms with Crippen LogP contribution >= 0.6 is 0 Å². The topological polar surface area (TPSA) is 63.2 Å². The molecule has 1 aromatic rings. The third kappa shape index (κ3) is 3.66. The Bertz CT molecular complexity index is 726. The van der Waals surface area contributed by atoms with Crippen molar-refractivity contribution < 1.29 is 13.2 Å². The van der Waals surface area contributed by atoms with Gasteiger partial charge in [-0.15, -0.1) is 0 Å². The highest BCUT2D eigenvalue weighted by atomic mass is 32.2. The number of nitrogens with one attached hydrogen (secondary N) is 1. The highest BCUT2D eigenvalue weighted by molar-refractivity contribution is 7.91. The van der Waals surface area contributed by atoms with Crippen molar-refractivity contribution in [2.75, 3.05) is 11.1 Å². The van der Waals surface area contributed by atoms with Gasteiger partial charge in [0.25, 0.3) is 0 Å². The van der Waals surface area contributed by atoms with E-state index in [1.807, 2.05) is 13.8 Å². The molecule has 2 rings (SSSR count). The van der Waals surface area contributed by atoms with Crippen molar-refractivity contribution in [1.29, 1.82) is 0 Å². The fourth-order valence-electron chi connectivity index (χ4n) is 2.98. The molecule has 1 amide bonds. The molecule has 0 aromatic heterocycles. The minimum atomic E-state index is -3.21. The lowest BCUT2D eigenvalue weighted by molar-refractivity contribution is -0.118. The summed E-state index contributed by atoms with van der Waals surface area (Å²) in [6.45, 7) is 9.88. The van der Waals surface area contributed by atoms with Gasteiger partial charge in [0.05, 0.1) is 16.6 Å². The lowest BCUT2D eigenvalue weighted by Gasteiger charge is -2.07. The zero-order chi connectivity index (χ0) is 17.4. The van der Waals surface area contributed by atoms with Crippen LogP contribution in [0.1, 0.15) is 34.6 Å². The minimum absolute atomic E-state index is 0.0106. The number of amides is 1. The zero-order valence-electron chi connectivity index (χ0n) is 14.4. The summed E-state index contributed by atoms with van der Waals surface area (Å²) >= 11 is 0. The van der Waals surface area contributed by atoms with Crippen molar-refractivity contribution in [3.63, 3.8) is 0 Å². The van der Waals surface area contributed by atoms with Crippen LogP contribution in [0.2, 0.25) is 0 Å². The molecule has 23 heavy (non-hydrogen) atoms. The maximum atomic E-state index is 12.5. The van der Waals surface area contributed by atoms with Gasteiger partial charge in [-0.25, -0.2) is 8.42 Å². The summed E-state index contributed by atoms with van der Waals surface area (Å²) in [5, 5.41) is 2.90. The van der Waals surface area contributed by atoms with E-state index in [1.54, 1.807) is 31.2 Å². The number of anilines is 1. The Morgan fingerprint density at radius 1 is 1.22 bits per heavy atom. The molecule has 0 heterocycles. The molecule has 0 aliphatic heterocycles. The first kappa shape index (κ1) is 17.7. The number of allylic oxidation sites excluding steroid dienone is 2. The first-order chi connectivity index (χ1) is 10.6. The summed E-state index contributed by atoms with van der Waals surface area (Å²) in [5.74, 6) is 0.270. The van der Waals surface area contributed by atoms with Gasteiger partial charge in [0.1, 0.15) is 0 Å². The molecular formula is C18H25NO3S. The first-order valence-electron chi connectivity index (χ1n) is 7.88. The molecule has 4 nitrogen and oxygen atoms in total. The molecule has 2 atom stereocenters. The van der Waals surface area contributed by atoms with E-state index in [-0.39, 0.29) is 33.8 Å². The average molecular weight is 335 g/mol. The second kappa shape index (κ2) is 6.11. The predicted molar refractivity (Wildman–Crippen MR) is 93.0 cm³/mol. The zero-order valence-corrected chi connectivity index (χ0v) is 15.2. The molecular weight excluding hydrogens is 310 g/mol. The van der Waals surface area contributed by atoms with E-state index in [2.05, 4.69) is 25.2 Å². The first-order valence-corrected chi connectivity index (χ1v) is 9.53. The fourth-order valence-corrected chi connectivity index (χ4v) is 3.87. The normalized spacial score (nSPS) is 22.3. The Labute approximate surface area is 138 Å². The molecule has 1 fully saturated rings. The van der Waals surface area contributed by atoms with Crippen LogP contribution in [0.5, 0.6) is 0 Å². The molecule has 1 N–H and O–H groups in total. The summed E-state index contributed by atoms with van der Waals surface area (Å²) in [4.78, 5) is 12.7. The van der Waals surface area contributed by atoms with Crippen molar-refractivity contribution in [3.8, 4) is 0 Å². The van der Waals surface area contributed by atoms with Gasteiger partial charge in [0.2, 0.25) is 5.91 Å². The third-order valence-corrected chi connectivity index (χ3v) is 6.32. The molecule has 126 valence electrons. The number of sulfone groups is 1. The van der Waals surface area contributed by atoms with E-state index in [4.69, 9.17) is 0 Å². The van der Waals surface area contributed by atoms with Gasteiger partial charge in [-0.2, -0.15) is 0 Å². The molecule has 0 spiro atoms. The third-order valence-electron chi connectivity index (χ3n) is 4.57. The number of benzene rings is 1. The second-order valence-corrected chi connectivity index (χ2v) is 9.26. The Kier molecular flexibility index (Phi) is 4.71. The lowest BCUT2D eigenvalue weighted by atomic mass is 10.1. The minimum Gasteiger partial charge on any atom is -0.326 e. The van der Waals surface area contributed by atoms with Gasteiger partial charge < -0.3 is 5.32 Å². The Morgan fingerprint density at radius 3 is 2.26 bits per heavy atom. The summed E-state index contributed by atoms with van der Waals surface area (Å²) in [7, 11) is -3.21. The van der Waals surface area contributed by atoms with Gasteiger partial charge in [-0.3, -0.25) is 4.79 Å². The van der Waals surface area contributed by atoms with Crippen molar-refractivity contribution in [2.45, 2.75) is 39.5 Å². The van der Waals surface area contributed by atoms with Crippen molar-refractivity contribution in [3.05, 3.63) is 35.9 Å². The lowest BCUT2D eigenvalue weighted by Crippen LogP contribution is -2.17. The molecule has 0 saturated heterocycles. The van der Waals surface area contributed by atoms with Crippen LogP contribution in [0, 0.1) is 17.3 Å². The quantitative estimate of drug-likeness (QED) is 0.835. The van der Waals surface area contributed by atoms with E-state index in [0.29, 0.717) is 5.69 Å². The van der Waals surface area contributed by atoms with Crippen LogP contribution in [0.4, 0.5) is 5.69 Å². The summed E-state index contributed by atoms with van der Waals surface area (Å²) in [6.07, 6.45) is 2.15. The molecule has 1 saturated carbocycles. The number of hydrogen-bond donors (Lipinski definition) is 1. The largest absolute Gasteiger partial charge is 0.326 e. The van der Waals surface area contributed by atoms with Crippen molar-refractivity contribution in [1.82, 2.24) is 0 Å². The van der Waals surface area contributed by atoms with Crippen molar-refractivity contribution >= 4 is 21.4 Å². The summed E-state index contributed by atoms with van der Waals surface area (Å²) in [5.41, 5.74) is 1.81. The van der Waals surface area contributed by atoms with E-state index in [9.17, 15) is 13.2 Å². The van der Waals surface area contributed by atoms with Crippen LogP contribution in [-0.2, 0) is 14.6 Å². The Balaban J connectivity index is 2.09. The number of rotatable bonds is 5.